The van der Waals surface area contributed by atoms with Crippen LogP contribution < -0.4 is 19.5 Å². The highest BCUT2D eigenvalue weighted by atomic mass is 32.2. The Morgan fingerprint density at radius 1 is 0.886 bits per heavy atom. The van der Waals surface area contributed by atoms with Gasteiger partial charge in [-0.2, -0.15) is 0 Å². The lowest BCUT2D eigenvalue weighted by atomic mass is 9.98. The molecule has 0 aliphatic rings. The van der Waals surface area contributed by atoms with Crippen molar-refractivity contribution in [3.05, 3.63) is 78.4 Å². The highest BCUT2D eigenvalue weighted by molar-refractivity contribution is 7.92. The minimum atomic E-state index is -3.78. The second kappa shape index (κ2) is 11.8. The van der Waals surface area contributed by atoms with Crippen LogP contribution in [0.4, 0.5) is 11.4 Å². The predicted molar refractivity (Wildman–Crippen MR) is 139 cm³/mol. The summed E-state index contributed by atoms with van der Waals surface area (Å²) in [5.74, 6) is 1.34. The maximum atomic E-state index is 12.7. The molecule has 0 aromatic heterocycles. The number of ether oxygens (including phenoxy) is 2. The average Bonchev–Trinajstić information content (AvgIpc) is 2.85. The molecule has 186 valence electrons. The summed E-state index contributed by atoms with van der Waals surface area (Å²) >= 11 is 0. The minimum Gasteiger partial charge on any atom is -0.494 e. The molecule has 0 fully saturated rings. The van der Waals surface area contributed by atoms with Gasteiger partial charge in [0.2, 0.25) is 0 Å². The minimum absolute atomic E-state index is 0.0798. The Balaban J connectivity index is 1.63. The lowest BCUT2D eigenvalue weighted by Gasteiger charge is -2.19. The van der Waals surface area contributed by atoms with Crippen molar-refractivity contribution < 1.29 is 22.7 Å². The zero-order valence-electron chi connectivity index (χ0n) is 20.4. The fourth-order valence-corrected chi connectivity index (χ4v) is 4.48. The first-order valence-electron chi connectivity index (χ1n) is 11.7. The van der Waals surface area contributed by atoms with Crippen molar-refractivity contribution in [1.82, 2.24) is 0 Å². The molecule has 0 heterocycles. The number of rotatable bonds is 11. The Labute approximate surface area is 207 Å². The van der Waals surface area contributed by atoms with E-state index in [1.54, 1.807) is 43.3 Å². The standard InChI is InChI=1S/C27H32N2O5S/c1-5-19(3)25-9-7-8-10-26(25)34-20(4)27(30)28-21-13-17-24(18-14-21)35(31,32)29-22-11-15-23(16-12-22)33-6-2/h7-20,29H,5-6H2,1-4H3,(H,28,30). The zero-order chi connectivity index (χ0) is 25.4. The second-order valence-electron chi connectivity index (χ2n) is 8.18. The van der Waals surface area contributed by atoms with Gasteiger partial charge >= 0.3 is 0 Å². The number of carbonyl (C=O) groups is 1. The molecule has 0 bridgehead atoms. The van der Waals surface area contributed by atoms with Crippen molar-refractivity contribution in [3.8, 4) is 11.5 Å². The fraction of sp³-hybridized carbons (Fsp3) is 0.296. The van der Waals surface area contributed by atoms with Crippen molar-refractivity contribution in [2.75, 3.05) is 16.6 Å². The normalized spacial score (nSPS) is 12.9. The molecule has 0 spiro atoms. The molecule has 7 nitrogen and oxygen atoms in total. The molecule has 0 radical (unpaired) electrons. The Morgan fingerprint density at radius 2 is 1.51 bits per heavy atom. The number of amides is 1. The quantitative estimate of drug-likeness (QED) is 0.350. The van der Waals surface area contributed by atoms with Gasteiger partial charge in [0.25, 0.3) is 15.9 Å². The van der Waals surface area contributed by atoms with Crippen LogP contribution in [-0.4, -0.2) is 27.0 Å². The van der Waals surface area contributed by atoms with E-state index in [1.807, 2.05) is 31.2 Å². The van der Waals surface area contributed by atoms with Crippen LogP contribution in [0, 0.1) is 0 Å². The summed E-state index contributed by atoms with van der Waals surface area (Å²) in [5, 5.41) is 2.78. The van der Waals surface area contributed by atoms with Gasteiger partial charge in [-0.1, -0.05) is 32.0 Å². The van der Waals surface area contributed by atoms with Gasteiger partial charge in [-0.15, -0.1) is 0 Å². The summed E-state index contributed by atoms with van der Waals surface area (Å²) in [5.41, 5.74) is 1.96. The molecule has 0 saturated heterocycles. The summed E-state index contributed by atoms with van der Waals surface area (Å²) in [6.07, 6.45) is 0.230. The van der Waals surface area contributed by atoms with E-state index in [4.69, 9.17) is 9.47 Å². The van der Waals surface area contributed by atoms with Gasteiger partial charge < -0.3 is 14.8 Å². The average molecular weight is 497 g/mol. The molecular weight excluding hydrogens is 464 g/mol. The molecule has 2 unspecified atom stereocenters. The molecule has 2 N–H and O–H groups in total. The highest BCUT2D eigenvalue weighted by Gasteiger charge is 2.19. The summed E-state index contributed by atoms with van der Waals surface area (Å²) in [6.45, 7) is 8.32. The predicted octanol–water partition coefficient (Wildman–Crippen LogP) is 5.81. The molecule has 0 saturated carbocycles. The summed E-state index contributed by atoms with van der Waals surface area (Å²) in [6, 6.07) is 20.4. The van der Waals surface area contributed by atoms with Gasteiger partial charge in [-0.25, -0.2) is 8.42 Å². The van der Waals surface area contributed by atoms with Crippen molar-refractivity contribution in [2.45, 2.75) is 51.0 Å². The van der Waals surface area contributed by atoms with E-state index in [-0.39, 0.29) is 10.8 Å². The number of carbonyl (C=O) groups excluding carboxylic acids is 1. The van der Waals surface area contributed by atoms with Gasteiger partial charge in [0.15, 0.2) is 6.10 Å². The third-order valence-electron chi connectivity index (χ3n) is 5.58. The molecule has 3 aromatic carbocycles. The molecular formula is C27H32N2O5S. The SMILES string of the molecule is CCOc1ccc(NS(=O)(=O)c2ccc(NC(=O)C(C)Oc3ccccc3C(C)CC)cc2)cc1. The zero-order valence-corrected chi connectivity index (χ0v) is 21.3. The van der Waals surface area contributed by atoms with Gasteiger partial charge in [0, 0.05) is 11.4 Å². The number of anilines is 2. The lowest BCUT2D eigenvalue weighted by Crippen LogP contribution is -2.30. The Morgan fingerprint density at radius 3 is 2.14 bits per heavy atom. The van der Waals surface area contributed by atoms with Crippen LogP contribution in [0.3, 0.4) is 0 Å². The third-order valence-corrected chi connectivity index (χ3v) is 6.98. The van der Waals surface area contributed by atoms with Crippen molar-refractivity contribution in [1.29, 1.82) is 0 Å². The van der Waals surface area contributed by atoms with Crippen LogP contribution in [0.25, 0.3) is 0 Å². The molecule has 2 atom stereocenters. The van der Waals surface area contributed by atoms with Crippen LogP contribution in [0.2, 0.25) is 0 Å². The van der Waals surface area contributed by atoms with Crippen LogP contribution in [0.1, 0.15) is 45.6 Å². The number of hydrogen-bond donors (Lipinski definition) is 2. The van der Waals surface area contributed by atoms with E-state index < -0.39 is 16.1 Å². The largest absolute Gasteiger partial charge is 0.494 e. The maximum Gasteiger partial charge on any atom is 0.265 e. The molecule has 3 rings (SSSR count). The molecule has 0 aliphatic heterocycles. The number of benzene rings is 3. The maximum absolute atomic E-state index is 12.7. The highest BCUT2D eigenvalue weighted by Crippen LogP contribution is 2.29. The fourth-order valence-electron chi connectivity index (χ4n) is 3.42. The van der Waals surface area contributed by atoms with Crippen LogP contribution in [0.5, 0.6) is 11.5 Å². The Hall–Kier alpha value is -3.52. The van der Waals surface area contributed by atoms with Gasteiger partial charge in [-0.3, -0.25) is 9.52 Å². The van der Waals surface area contributed by atoms with Crippen LogP contribution in [-0.2, 0) is 14.8 Å². The smallest absolute Gasteiger partial charge is 0.265 e. The Kier molecular flexibility index (Phi) is 8.76. The summed E-state index contributed by atoms with van der Waals surface area (Å²) in [7, 11) is -3.78. The Bertz CT molecular complexity index is 1230. The van der Waals surface area contributed by atoms with E-state index in [0.717, 1.165) is 12.0 Å². The van der Waals surface area contributed by atoms with Crippen LogP contribution >= 0.6 is 0 Å². The third kappa shape index (κ3) is 6.99. The van der Waals surface area contributed by atoms with Gasteiger partial charge in [0.05, 0.1) is 11.5 Å². The van der Waals surface area contributed by atoms with E-state index in [1.165, 1.54) is 12.1 Å². The van der Waals surface area contributed by atoms with Crippen molar-refractivity contribution in [2.24, 2.45) is 0 Å². The molecule has 8 heteroatoms. The van der Waals surface area contributed by atoms with Gasteiger partial charge in [0.1, 0.15) is 11.5 Å². The van der Waals surface area contributed by atoms with E-state index in [9.17, 15) is 13.2 Å². The molecule has 0 aliphatic carbocycles. The van der Waals surface area contributed by atoms with Gasteiger partial charge in [-0.05, 0) is 86.3 Å². The van der Waals surface area contributed by atoms with Crippen molar-refractivity contribution >= 4 is 27.3 Å². The number of para-hydroxylation sites is 1. The summed E-state index contributed by atoms with van der Waals surface area (Å²) in [4.78, 5) is 12.8. The first kappa shape index (κ1) is 26.1. The van der Waals surface area contributed by atoms with Crippen LogP contribution in [0.15, 0.2) is 77.7 Å². The van der Waals surface area contributed by atoms with E-state index in [0.29, 0.717) is 35.4 Å². The van der Waals surface area contributed by atoms with Crippen molar-refractivity contribution in [3.63, 3.8) is 0 Å². The lowest BCUT2D eigenvalue weighted by molar-refractivity contribution is -0.122. The molecule has 3 aromatic rings. The first-order valence-corrected chi connectivity index (χ1v) is 13.1. The number of nitrogens with one attached hydrogen (secondary N) is 2. The van der Waals surface area contributed by atoms with E-state index >= 15 is 0 Å². The topological polar surface area (TPSA) is 93.7 Å². The van der Waals surface area contributed by atoms with E-state index in [2.05, 4.69) is 23.9 Å². The second-order valence-corrected chi connectivity index (χ2v) is 9.87. The summed E-state index contributed by atoms with van der Waals surface area (Å²) < 4.78 is 39.3. The number of sulfonamides is 1. The first-order chi connectivity index (χ1) is 16.7. The number of hydrogen-bond acceptors (Lipinski definition) is 5. The monoisotopic (exact) mass is 496 g/mol. The molecule has 35 heavy (non-hydrogen) atoms. The molecule has 1 amide bonds.